The summed E-state index contributed by atoms with van der Waals surface area (Å²) in [4.78, 5) is 0. The molecule has 0 bridgehead atoms. The van der Waals surface area contributed by atoms with Crippen molar-refractivity contribution >= 4 is 33.6 Å². The Balaban J connectivity index is 2.45. The number of benzene rings is 1. The summed E-state index contributed by atoms with van der Waals surface area (Å²) in [6.45, 7) is 4.40. The fraction of sp³-hybridized carbons (Fsp3) is 0.333. The van der Waals surface area contributed by atoms with Gasteiger partial charge in [0.1, 0.15) is 4.62 Å². The molecule has 0 aliphatic heterocycles. The van der Waals surface area contributed by atoms with E-state index in [1.54, 1.807) is 0 Å². The van der Waals surface area contributed by atoms with E-state index < -0.39 is 7.60 Å². The molecular formula is C12H15O3PS. The summed E-state index contributed by atoms with van der Waals surface area (Å²) in [5, 5.41) is 1.08. The van der Waals surface area contributed by atoms with Gasteiger partial charge in [-0.1, -0.05) is 18.2 Å². The van der Waals surface area contributed by atoms with Crippen LogP contribution in [0.2, 0.25) is 0 Å². The van der Waals surface area contributed by atoms with Gasteiger partial charge in [0.25, 0.3) is 0 Å². The lowest BCUT2D eigenvalue weighted by atomic mass is 10.3. The Hall–Kier alpha value is -0.670. The molecule has 0 atom stereocenters. The maximum absolute atomic E-state index is 12.6. The highest BCUT2D eigenvalue weighted by Gasteiger charge is 2.28. The average Bonchev–Trinajstić information content (AvgIpc) is 2.74. The van der Waals surface area contributed by atoms with Gasteiger partial charge in [0.2, 0.25) is 0 Å². The molecule has 0 aliphatic carbocycles. The molecule has 0 fully saturated rings. The first-order chi connectivity index (χ1) is 8.19. The van der Waals surface area contributed by atoms with Crippen molar-refractivity contribution in [3.63, 3.8) is 0 Å². The van der Waals surface area contributed by atoms with E-state index in [2.05, 4.69) is 0 Å². The number of thiophene rings is 1. The predicted octanol–water partition coefficient (Wildman–Crippen LogP) is 3.79. The SMILES string of the molecule is CCOP(=O)(OCC)c1cc2ccccc2s1. The summed E-state index contributed by atoms with van der Waals surface area (Å²) in [6, 6.07) is 9.83. The van der Waals surface area contributed by atoms with E-state index in [0.29, 0.717) is 17.8 Å². The Labute approximate surface area is 105 Å². The molecule has 0 radical (unpaired) electrons. The molecule has 0 N–H and O–H groups in total. The van der Waals surface area contributed by atoms with Crippen LogP contribution in [-0.2, 0) is 13.6 Å². The Bertz CT molecular complexity index is 506. The minimum Gasteiger partial charge on any atom is -0.305 e. The summed E-state index contributed by atoms with van der Waals surface area (Å²) in [6.07, 6.45) is 0. The zero-order valence-corrected chi connectivity index (χ0v) is 11.6. The van der Waals surface area contributed by atoms with Crippen molar-refractivity contribution in [1.82, 2.24) is 0 Å². The van der Waals surface area contributed by atoms with Crippen molar-refractivity contribution in [3.05, 3.63) is 30.3 Å². The van der Waals surface area contributed by atoms with Gasteiger partial charge in [-0.15, -0.1) is 11.3 Å². The molecule has 0 unspecified atom stereocenters. The lowest BCUT2D eigenvalue weighted by molar-refractivity contribution is 0.230. The molecule has 0 spiro atoms. The van der Waals surface area contributed by atoms with Gasteiger partial charge in [0.05, 0.1) is 13.2 Å². The molecule has 1 aromatic carbocycles. The number of rotatable bonds is 5. The molecule has 0 saturated carbocycles. The van der Waals surface area contributed by atoms with Gasteiger partial charge in [0, 0.05) is 4.70 Å². The van der Waals surface area contributed by atoms with E-state index in [1.807, 2.05) is 44.2 Å². The topological polar surface area (TPSA) is 35.5 Å². The molecule has 2 aromatic rings. The van der Waals surface area contributed by atoms with Crippen molar-refractivity contribution in [2.75, 3.05) is 13.2 Å². The first kappa shape index (κ1) is 12.8. The lowest BCUT2D eigenvalue weighted by Crippen LogP contribution is -2.06. The van der Waals surface area contributed by atoms with Crippen LogP contribution in [0, 0.1) is 0 Å². The Kier molecular flexibility index (Phi) is 4.00. The molecule has 92 valence electrons. The molecule has 1 aromatic heterocycles. The third kappa shape index (κ3) is 2.61. The van der Waals surface area contributed by atoms with E-state index in [9.17, 15) is 4.57 Å². The smallest absolute Gasteiger partial charge is 0.305 e. The van der Waals surface area contributed by atoms with Gasteiger partial charge < -0.3 is 9.05 Å². The lowest BCUT2D eigenvalue weighted by Gasteiger charge is -2.14. The second-order valence-electron chi connectivity index (χ2n) is 3.46. The predicted molar refractivity (Wildman–Crippen MR) is 72.3 cm³/mol. The highest BCUT2D eigenvalue weighted by Crippen LogP contribution is 2.49. The van der Waals surface area contributed by atoms with Crippen LogP contribution in [-0.4, -0.2) is 13.2 Å². The average molecular weight is 270 g/mol. The van der Waals surface area contributed by atoms with Crippen molar-refractivity contribution in [2.45, 2.75) is 13.8 Å². The zero-order chi connectivity index (χ0) is 12.3. The summed E-state index contributed by atoms with van der Waals surface area (Å²) < 4.78 is 25.0. The highest BCUT2D eigenvalue weighted by molar-refractivity contribution is 7.69. The van der Waals surface area contributed by atoms with Crippen LogP contribution < -0.4 is 4.62 Å². The van der Waals surface area contributed by atoms with Crippen LogP contribution >= 0.6 is 18.9 Å². The Morgan fingerprint density at radius 2 is 1.82 bits per heavy atom. The zero-order valence-electron chi connectivity index (χ0n) is 9.88. The largest absolute Gasteiger partial charge is 0.371 e. The monoisotopic (exact) mass is 270 g/mol. The minimum absolute atomic E-state index is 0.380. The Morgan fingerprint density at radius 1 is 1.18 bits per heavy atom. The second kappa shape index (κ2) is 5.32. The molecule has 17 heavy (non-hydrogen) atoms. The molecular weight excluding hydrogens is 255 g/mol. The quantitative estimate of drug-likeness (QED) is 0.775. The van der Waals surface area contributed by atoms with Crippen molar-refractivity contribution in [3.8, 4) is 0 Å². The normalized spacial score (nSPS) is 12.1. The van der Waals surface area contributed by atoms with Crippen LogP contribution in [0.3, 0.4) is 0 Å². The molecule has 0 saturated heterocycles. The number of hydrogen-bond acceptors (Lipinski definition) is 4. The third-order valence-electron chi connectivity index (χ3n) is 2.28. The van der Waals surface area contributed by atoms with Gasteiger partial charge in [0.15, 0.2) is 0 Å². The van der Waals surface area contributed by atoms with Gasteiger partial charge in [-0.2, -0.15) is 0 Å². The third-order valence-corrected chi connectivity index (χ3v) is 6.01. The summed E-state index contributed by atoms with van der Waals surface area (Å²) in [7, 11) is -3.13. The van der Waals surface area contributed by atoms with Crippen LogP contribution in [0.1, 0.15) is 13.8 Å². The van der Waals surface area contributed by atoms with E-state index >= 15 is 0 Å². The second-order valence-corrected chi connectivity index (χ2v) is 6.83. The molecule has 5 heteroatoms. The van der Waals surface area contributed by atoms with Crippen LogP contribution in [0.15, 0.2) is 30.3 Å². The molecule has 2 rings (SSSR count). The Morgan fingerprint density at radius 3 is 2.41 bits per heavy atom. The van der Waals surface area contributed by atoms with Gasteiger partial charge >= 0.3 is 7.60 Å². The van der Waals surface area contributed by atoms with Crippen molar-refractivity contribution in [1.29, 1.82) is 0 Å². The van der Waals surface area contributed by atoms with E-state index in [-0.39, 0.29) is 0 Å². The van der Waals surface area contributed by atoms with Crippen molar-refractivity contribution < 1.29 is 13.6 Å². The number of hydrogen-bond donors (Lipinski definition) is 0. The summed E-state index contributed by atoms with van der Waals surface area (Å²) >= 11 is 1.47. The van der Waals surface area contributed by atoms with Gasteiger partial charge in [-0.3, -0.25) is 4.57 Å². The summed E-state index contributed by atoms with van der Waals surface area (Å²) in [5.74, 6) is 0. The first-order valence-electron chi connectivity index (χ1n) is 5.58. The van der Waals surface area contributed by atoms with Crippen molar-refractivity contribution in [2.24, 2.45) is 0 Å². The van der Waals surface area contributed by atoms with Crippen LogP contribution in [0.5, 0.6) is 0 Å². The van der Waals surface area contributed by atoms with Crippen LogP contribution in [0.25, 0.3) is 10.1 Å². The standard InChI is InChI=1S/C12H15O3PS/c1-3-14-16(13,15-4-2)12-9-10-7-5-6-8-11(10)17-12/h5-9H,3-4H2,1-2H3. The molecule has 0 aliphatic rings. The van der Waals surface area contributed by atoms with Gasteiger partial charge in [-0.05, 0) is 31.4 Å². The first-order valence-corrected chi connectivity index (χ1v) is 7.93. The van der Waals surface area contributed by atoms with E-state index in [1.165, 1.54) is 11.3 Å². The maximum Gasteiger partial charge on any atom is 0.371 e. The van der Waals surface area contributed by atoms with Gasteiger partial charge in [-0.25, -0.2) is 0 Å². The van der Waals surface area contributed by atoms with Crippen LogP contribution in [0.4, 0.5) is 0 Å². The van der Waals surface area contributed by atoms with E-state index in [0.717, 1.165) is 10.1 Å². The summed E-state index contributed by atoms with van der Waals surface area (Å²) in [5.41, 5.74) is 0. The molecule has 3 nitrogen and oxygen atoms in total. The maximum atomic E-state index is 12.6. The molecule has 0 amide bonds. The fourth-order valence-electron chi connectivity index (χ4n) is 1.61. The molecule has 1 heterocycles. The van der Waals surface area contributed by atoms with E-state index in [4.69, 9.17) is 9.05 Å². The number of fused-ring (bicyclic) bond motifs is 1. The minimum atomic E-state index is -3.13. The fourth-order valence-corrected chi connectivity index (χ4v) is 4.77. The highest BCUT2D eigenvalue weighted by atomic mass is 32.1.